The Kier molecular flexibility index (Phi) is 9.71. The molecule has 1 aromatic rings. The zero-order valence-corrected chi connectivity index (χ0v) is 18.1. The molecule has 0 saturated carbocycles. The fraction of sp³-hybridized carbons (Fsp3) is 0.667. The standard InChI is InChI=1S/C24H38O4/c1-23(2,21(25)26)17-9-5-7-11-19-13-15-20(16-14-19)12-8-6-10-18-24(3,4)22(27)28/h13-16H,5-12,17-18H2,1-4H3,(H,25,26)(H,27,28). The average molecular weight is 391 g/mol. The summed E-state index contributed by atoms with van der Waals surface area (Å²) in [5, 5.41) is 18.3. The summed E-state index contributed by atoms with van der Waals surface area (Å²) in [6.07, 6.45) is 9.75. The Morgan fingerprint density at radius 1 is 0.643 bits per heavy atom. The molecule has 4 nitrogen and oxygen atoms in total. The lowest BCUT2D eigenvalue weighted by Gasteiger charge is -2.18. The number of carbonyl (C=O) groups is 2. The number of aryl methyl sites for hydroxylation is 2. The molecule has 0 aliphatic rings. The molecule has 1 rings (SSSR count). The average Bonchev–Trinajstić information content (AvgIpc) is 2.62. The summed E-state index contributed by atoms with van der Waals surface area (Å²) in [7, 11) is 0. The van der Waals surface area contributed by atoms with Gasteiger partial charge in [0.1, 0.15) is 0 Å². The van der Waals surface area contributed by atoms with Crippen LogP contribution in [0.1, 0.15) is 90.2 Å². The molecule has 0 fully saturated rings. The van der Waals surface area contributed by atoms with Crippen molar-refractivity contribution in [2.75, 3.05) is 0 Å². The van der Waals surface area contributed by atoms with Gasteiger partial charge in [0.15, 0.2) is 0 Å². The predicted octanol–water partition coefficient (Wildman–Crippen LogP) is 6.11. The van der Waals surface area contributed by atoms with E-state index >= 15 is 0 Å². The maximum Gasteiger partial charge on any atom is 0.309 e. The molecule has 0 atom stereocenters. The summed E-state index contributed by atoms with van der Waals surface area (Å²) in [5.74, 6) is -1.43. The van der Waals surface area contributed by atoms with Gasteiger partial charge in [-0.05, 0) is 77.3 Å². The Labute approximate surface area is 170 Å². The number of unbranched alkanes of at least 4 members (excludes halogenated alkanes) is 4. The van der Waals surface area contributed by atoms with Gasteiger partial charge in [-0.3, -0.25) is 9.59 Å². The highest BCUT2D eigenvalue weighted by Crippen LogP contribution is 2.25. The molecule has 0 amide bonds. The summed E-state index contributed by atoms with van der Waals surface area (Å²) >= 11 is 0. The number of aliphatic carboxylic acids is 2. The van der Waals surface area contributed by atoms with Gasteiger partial charge >= 0.3 is 11.9 Å². The molecule has 158 valence electrons. The lowest BCUT2D eigenvalue weighted by Crippen LogP contribution is -2.23. The van der Waals surface area contributed by atoms with Crippen LogP contribution in [-0.4, -0.2) is 22.2 Å². The van der Waals surface area contributed by atoms with Gasteiger partial charge in [0.25, 0.3) is 0 Å². The van der Waals surface area contributed by atoms with E-state index in [4.69, 9.17) is 10.2 Å². The van der Waals surface area contributed by atoms with Crippen molar-refractivity contribution < 1.29 is 19.8 Å². The van der Waals surface area contributed by atoms with Crippen molar-refractivity contribution in [1.82, 2.24) is 0 Å². The molecule has 2 N–H and O–H groups in total. The van der Waals surface area contributed by atoms with Crippen molar-refractivity contribution in [3.63, 3.8) is 0 Å². The van der Waals surface area contributed by atoms with E-state index in [9.17, 15) is 9.59 Å². The smallest absolute Gasteiger partial charge is 0.309 e. The van der Waals surface area contributed by atoms with E-state index in [1.165, 1.54) is 11.1 Å². The maximum absolute atomic E-state index is 11.1. The van der Waals surface area contributed by atoms with E-state index in [-0.39, 0.29) is 0 Å². The predicted molar refractivity (Wildman–Crippen MR) is 114 cm³/mol. The SMILES string of the molecule is CC(C)(CCCCCc1ccc(CCCCCC(C)(C)C(=O)O)cc1)C(=O)O. The van der Waals surface area contributed by atoms with Crippen molar-refractivity contribution in [1.29, 1.82) is 0 Å². The minimum atomic E-state index is -0.714. The molecule has 0 aliphatic heterocycles. The van der Waals surface area contributed by atoms with E-state index in [0.717, 1.165) is 64.2 Å². The molecule has 0 spiro atoms. The summed E-state index contributed by atoms with van der Waals surface area (Å²) in [6.45, 7) is 7.17. The molecule has 4 heteroatoms. The molecule has 0 heterocycles. The third kappa shape index (κ3) is 8.90. The fourth-order valence-corrected chi connectivity index (χ4v) is 3.23. The van der Waals surface area contributed by atoms with Gasteiger partial charge in [-0.2, -0.15) is 0 Å². The van der Waals surface area contributed by atoms with E-state index in [1.54, 1.807) is 27.7 Å². The topological polar surface area (TPSA) is 74.6 Å². The number of carboxylic acids is 2. The van der Waals surface area contributed by atoms with E-state index in [1.807, 2.05) is 0 Å². The Morgan fingerprint density at radius 2 is 0.964 bits per heavy atom. The van der Waals surface area contributed by atoms with Crippen LogP contribution in [0.5, 0.6) is 0 Å². The monoisotopic (exact) mass is 390 g/mol. The van der Waals surface area contributed by atoms with Crippen molar-refractivity contribution >= 4 is 11.9 Å². The quantitative estimate of drug-likeness (QED) is 0.376. The van der Waals surface area contributed by atoms with Crippen LogP contribution in [0.3, 0.4) is 0 Å². The molecule has 0 aliphatic carbocycles. The number of hydrogen-bond acceptors (Lipinski definition) is 2. The number of benzene rings is 1. The van der Waals surface area contributed by atoms with Crippen LogP contribution in [0.4, 0.5) is 0 Å². The molecular weight excluding hydrogens is 352 g/mol. The van der Waals surface area contributed by atoms with Crippen molar-refractivity contribution in [3.8, 4) is 0 Å². The van der Waals surface area contributed by atoms with Crippen molar-refractivity contribution in [3.05, 3.63) is 35.4 Å². The van der Waals surface area contributed by atoms with Crippen LogP contribution in [0.15, 0.2) is 24.3 Å². The highest BCUT2D eigenvalue weighted by atomic mass is 16.4. The molecule has 28 heavy (non-hydrogen) atoms. The van der Waals surface area contributed by atoms with E-state index in [0.29, 0.717) is 0 Å². The molecule has 0 saturated heterocycles. The molecule has 0 unspecified atom stereocenters. The highest BCUT2D eigenvalue weighted by Gasteiger charge is 2.26. The molecule has 0 bridgehead atoms. The lowest BCUT2D eigenvalue weighted by molar-refractivity contribution is -0.148. The molecule has 1 aromatic carbocycles. The Bertz CT molecular complexity index is 559. The third-order valence-electron chi connectivity index (χ3n) is 5.72. The third-order valence-corrected chi connectivity index (χ3v) is 5.72. The largest absolute Gasteiger partial charge is 0.481 e. The number of carboxylic acid groups (broad SMARTS) is 2. The summed E-state index contributed by atoms with van der Waals surface area (Å²) < 4.78 is 0. The van der Waals surface area contributed by atoms with Gasteiger partial charge in [-0.15, -0.1) is 0 Å². The highest BCUT2D eigenvalue weighted by molar-refractivity contribution is 5.73. The maximum atomic E-state index is 11.1. The lowest BCUT2D eigenvalue weighted by atomic mass is 9.87. The van der Waals surface area contributed by atoms with Crippen LogP contribution in [-0.2, 0) is 22.4 Å². The normalized spacial score (nSPS) is 12.1. The van der Waals surface area contributed by atoms with Crippen LogP contribution in [0.2, 0.25) is 0 Å². The fourth-order valence-electron chi connectivity index (χ4n) is 3.23. The first kappa shape index (κ1) is 24.2. The molecule has 0 radical (unpaired) electrons. The second-order valence-corrected chi connectivity index (χ2v) is 9.32. The summed E-state index contributed by atoms with van der Waals surface area (Å²) in [4.78, 5) is 22.2. The van der Waals surface area contributed by atoms with Crippen molar-refractivity contribution in [2.45, 2.75) is 91.9 Å². The Balaban J connectivity index is 2.20. The first-order valence-corrected chi connectivity index (χ1v) is 10.6. The molecular formula is C24H38O4. The summed E-state index contributed by atoms with van der Waals surface area (Å²) in [6, 6.07) is 8.79. The van der Waals surface area contributed by atoms with E-state index < -0.39 is 22.8 Å². The first-order valence-electron chi connectivity index (χ1n) is 10.6. The Morgan fingerprint density at radius 3 is 1.25 bits per heavy atom. The van der Waals surface area contributed by atoms with Crippen LogP contribution >= 0.6 is 0 Å². The zero-order valence-electron chi connectivity index (χ0n) is 18.1. The minimum Gasteiger partial charge on any atom is -0.481 e. The minimum absolute atomic E-state index is 0.620. The number of rotatable bonds is 14. The Hall–Kier alpha value is -1.84. The van der Waals surface area contributed by atoms with Crippen LogP contribution in [0, 0.1) is 10.8 Å². The van der Waals surface area contributed by atoms with Crippen LogP contribution in [0.25, 0.3) is 0 Å². The number of hydrogen-bond donors (Lipinski definition) is 2. The van der Waals surface area contributed by atoms with Gasteiger partial charge in [-0.1, -0.05) is 49.9 Å². The van der Waals surface area contributed by atoms with Crippen LogP contribution < -0.4 is 0 Å². The van der Waals surface area contributed by atoms with Gasteiger partial charge in [-0.25, -0.2) is 0 Å². The van der Waals surface area contributed by atoms with Gasteiger partial charge in [0.2, 0.25) is 0 Å². The summed E-state index contributed by atoms with van der Waals surface area (Å²) in [5.41, 5.74) is 1.43. The van der Waals surface area contributed by atoms with Crippen molar-refractivity contribution in [2.24, 2.45) is 10.8 Å². The second kappa shape index (κ2) is 11.2. The van der Waals surface area contributed by atoms with Gasteiger partial charge < -0.3 is 10.2 Å². The first-order chi connectivity index (χ1) is 13.0. The molecule has 0 aromatic heterocycles. The second-order valence-electron chi connectivity index (χ2n) is 9.32. The van der Waals surface area contributed by atoms with E-state index in [2.05, 4.69) is 24.3 Å². The zero-order chi connectivity index (χ0) is 21.2. The van der Waals surface area contributed by atoms with Gasteiger partial charge in [0.05, 0.1) is 10.8 Å². The van der Waals surface area contributed by atoms with Gasteiger partial charge in [0, 0.05) is 0 Å².